The number of aromatic carboxylic acids is 1. The maximum absolute atomic E-state index is 11.7. The minimum Gasteiger partial charge on any atom is -0.477 e. The molecule has 80 valence electrons. The molecular weight excluding hydrogens is 206 g/mol. The number of aromatic amines is 1. The molecule has 4 heteroatoms. The van der Waals surface area contributed by atoms with E-state index in [1.54, 1.807) is 18.2 Å². The van der Waals surface area contributed by atoms with Gasteiger partial charge in [0, 0.05) is 22.9 Å². The molecule has 0 bridgehead atoms. The molecule has 0 unspecified atom stereocenters. The lowest BCUT2D eigenvalue weighted by molar-refractivity contribution is 0.0689. The van der Waals surface area contributed by atoms with Crippen LogP contribution in [0.3, 0.4) is 0 Å². The van der Waals surface area contributed by atoms with E-state index >= 15 is 0 Å². The molecule has 1 aliphatic carbocycles. The van der Waals surface area contributed by atoms with Crippen LogP contribution in [0.2, 0.25) is 0 Å². The summed E-state index contributed by atoms with van der Waals surface area (Å²) in [5.74, 6) is -0.875. The Balaban J connectivity index is 2.46. The lowest BCUT2D eigenvalue weighted by Crippen LogP contribution is -2.10. The summed E-state index contributed by atoms with van der Waals surface area (Å²) in [7, 11) is 0. The highest BCUT2D eigenvalue weighted by molar-refractivity contribution is 6.13. The average Bonchev–Trinajstić information content (AvgIpc) is 2.64. The number of aryl methyl sites for hydroxylation is 1. The fraction of sp³-hybridized carbons (Fsp3) is 0.167. The lowest BCUT2D eigenvalue weighted by atomic mass is 9.90. The van der Waals surface area contributed by atoms with Crippen LogP contribution in [0, 0.1) is 0 Å². The van der Waals surface area contributed by atoms with Crippen molar-refractivity contribution >= 4 is 22.7 Å². The maximum atomic E-state index is 11.7. The molecule has 0 aliphatic heterocycles. The molecule has 1 aromatic carbocycles. The number of hydrogen-bond acceptors (Lipinski definition) is 2. The zero-order chi connectivity index (χ0) is 11.3. The Labute approximate surface area is 90.9 Å². The molecular formula is C12H9NO3. The summed E-state index contributed by atoms with van der Waals surface area (Å²) < 4.78 is 0. The van der Waals surface area contributed by atoms with Crippen LogP contribution in [0.15, 0.2) is 18.2 Å². The second-order valence-corrected chi connectivity index (χ2v) is 3.94. The van der Waals surface area contributed by atoms with E-state index in [2.05, 4.69) is 4.98 Å². The van der Waals surface area contributed by atoms with Crippen molar-refractivity contribution in [2.75, 3.05) is 0 Å². The highest BCUT2D eigenvalue weighted by Crippen LogP contribution is 2.32. The maximum Gasteiger partial charge on any atom is 0.352 e. The van der Waals surface area contributed by atoms with Crippen molar-refractivity contribution in [1.82, 2.24) is 4.98 Å². The predicted molar refractivity (Wildman–Crippen MR) is 57.9 cm³/mol. The van der Waals surface area contributed by atoms with E-state index < -0.39 is 5.97 Å². The number of ketones is 1. The van der Waals surface area contributed by atoms with Gasteiger partial charge in [0.05, 0.1) is 0 Å². The van der Waals surface area contributed by atoms with Crippen LogP contribution in [-0.4, -0.2) is 21.8 Å². The quantitative estimate of drug-likeness (QED) is 0.764. The molecule has 0 fully saturated rings. The number of carboxylic acid groups (broad SMARTS) is 1. The SMILES string of the molecule is O=C(O)c1[nH]c2cccc3c2c1CCC3=O. The number of rotatable bonds is 1. The molecule has 3 rings (SSSR count). The zero-order valence-electron chi connectivity index (χ0n) is 8.41. The van der Waals surface area contributed by atoms with Gasteiger partial charge >= 0.3 is 5.97 Å². The van der Waals surface area contributed by atoms with Gasteiger partial charge < -0.3 is 10.1 Å². The van der Waals surface area contributed by atoms with Gasteiger partial charge in [-0.1, -0.05) is 12.1 Å². The van der Waals surface area contributed by atoms with Crippen molar-refractivity contribution in [3.63, 3.8) is 0 Å². The first-order valence-corrected chi connectivity index (χ1v) is 5.08. The van der Waals surface area contributed by atoms with Crippen LogP contribution in [0.1, 0.15) is 32.8 Å². The number of carbonyl (C=O) groups is 2. The van der Waals surface area contributed by atoms with Gasteiger partial charge in [0.25, 0.3) is 0 Å². The van der Waals surface area contributed by atoms with Crippen LogP contribution < -0.4 is 0 Å². The van der Waals surface area contributed by atoms with Crippen molar-refractivity contribution in [3.05, 3.63) is 35.0 Å². The van der Waals surface area contributed by atoms with Gasteiger partial charge in [-0.15, -0.1) is 0 Å². The summed E-state index contributed by atoms with van der Waals surface area (Å²) in [6.07, 6.45) is 0.904. The van der Waals surface area contributed by atoms with Crippen LogP contribution in [0.4, 0.5) is 0 Å². The minimum atomic E-state index is -0.966. The molecule has 0 amide bonds. The second-order valence-electron chi connectivity index (χ2n) is 3.94. The topological polar surface area (TPSA) is 70.2 Å². The van der Waals surface area contributed by atoms with E-state index in [1.807, 2.05) is 0 Å². The van der Waals surface area contributed by atoms with Crippen LogP contribution in [-0.2, 0) is 6.42 Å². The van der Waals surface area contributed by atoms with Gasteiger partial charge in [0.15, 0.2) is 5.78 Å². The Bertz CT molecular complexity index is 624. The van der Waals surface area contributed by atoms with E-state index in [1.165, 1.54) is 0 Å². The van der Waals surface area contributed by atoms with E-state index in [0.717, 1.165) is 16.5 Å². The van der Waals surface area contributed by atoms with Gasteiger partial charge in [-0.05, 0) is 18.1 Å². The molecule has 0 saturated heterocycles. The number of carbonyl (C=O) groups excluding carboxylic acids is 1. The van der Waals surface area contributed by atoms with Crippen molar-refractivity contribution in [2.24, 2.45) is 0 Å². The summed E-state index contributed by atoms with van der Waals surface area (Å²) in [5.41, 5.74) is 2.35. The largest absolute Gasteiger partial charge is 0.477 e. The third-order valence-corrected chi connectivity index (χ3v) is 3.04. The Kier molecular flexibility index (Phi) is 1.68. The number of Topliss-reactive ketones (excluding diaryl/α,β-unsaturated/α-hetero) is 1. The number of aromatic nitrogens is 1. The summed E-state index contributed by atoms with van der Waals surface area (Å²) in [6.45, 7) is 0. The van der Waals surface area contributed by atoms with Crippen molar-refractivity contribution in [1.29, 1.82) is 0 Å². The number of carboxylic acids is 1. The average molecular weight is 215 g/mol. The predicted octanol–water partition coefficient (Wildman–Crippen LogP) is 1.99. The highest BCUT2D eigenvalue weighted by Gasteiger charge is 2.25. The highest BCUT2D eigenvalue weighted by atomic mass is 16.4. The first kappa shape index (κ1) is 9.15. The van der Waals surface area contributed by atoms with Crippen molar-refractivity contribution in [2.45, 2.75) is 12.8 Å². The number of benzene rings is 1. The normalized spacial score (nSPS) is 14.4. The molecule has 0 saturated carbocycles. The molecule has 1 aliphatic rings. The van der Waals surface area contributed by atoms with Crippen LogP contribution >= 0.6 is 0 Å². The monoisotopic (exact) mass is 215 g/mol. The molecule has 1 aromatic heterocycles. The molecule has 16 heavy (non-hydrogen) atoms. The van der Waals surface area contributed by atoms with Gasteiger partial charge in [0.1, 0.15) is 5.69 Å². The van der Waals surface area contributed by atoms with E-state index in [4.69, 9.17) is 5.11 Å². The Morgan fingerprint density at radius 1 is 1.31 bits per heavy atom. The molecule has 4 nitrogen and oxygen atoms in total. The first-order valence-electron chi connectivity index (χ1n) is 5.08. The third kappa shape index (κ3) is 1.04. The Morgan fingerprint density at radius 2 is 2.12 bits per heavy atom. The number of hydrogen-bond donors (Lipinski definition) is 2. The fourth-order valence-corrected chi connectivity index (χ4v) is 2.35. The van der Waals surface area contributed by atoms with E-state index in [-0.39, 0.29) is 11.5 Å². The zero-order valence-corrected chi connectivity index (χ0v) is 8.41. The second kappa shape index (κ2) is 2.95. The summed E-state index contributed by atoms with van der Waals surface area (Å²) in [4.78, 5) is 25.6. The minimum absolute atomic E-state index is 0.0917. The van der Waals surface area contributed by atoms with Crippen molar-refractivity contribution < 1.29 is 14.7 Å². The Morgan fingerprint density at radius 3 is 2.88 bits per heavy atom. The molecule has 0 radical (unpaired) electrons. The van der Waals surface area contributed by atoms with Gasteiger partial charge in [-0.25, -0.2) is 4.79 Å². The standard InChI is InChI=1S/C12H9NO3/c14-9-5-4-7-10-6(9)2-1-3-8(10)13-11(7)12(15)16/h1-3,13H,4-5H2,(H,15,16). The summed E-state index contributed by atoms with van der Waals surface area (Å²) in [5, 5.41) is 9.85. The van der Waals surface area contributed by atoms with Gasteiger partial charge in [-0.3, -0.25) is 4.79 Å². The Hall–Kier alpha value is -2.10. The number of H-pyrrole nitrogens is 1. The van der Waals surface area contributed by atoms with Crippen LogP contribution in [0.5, 0.6) is 0 Å². The van der Waals surface area contributed by atoms with Crippen LogP contribution in [0.25, 0.3) is 10.9 Å². The third-order valence-electron chi connectivity index (χ3n) is 3.04. The van der Waals surface area contributed by atoms with Gasteiger partial charge in [-0.2, -0.15) is 0 Å². The molecule has 0 atom stereocenters. The van der Waals surface area contributed by atoms with E-state index in [9.17, 15) is 9.59 Å². The molecule has 0 spiro atoms. The fourth-order valence-electron chi connectivity index (χ4n) is 2.35. The summed E-state index contributed by atoms with van der Waals surface area (Å²) >= 11 is 0. The molecule has 2 aromatic rings. The van der Waals surface area contributed by atoms with E-state index in [0.29, 0.717) is 18.4 Å². The summed E-state index contributed by atoms with van der Waals surface area (Å²) in [6, 6.07) is 5.33. The lowest BCUT2D eigenvalue weighted by Gasteiger charge is -2.11. The number of nitrogens with one attached hydrogen (secondary N) is 1. The van der Waals surface area contributed by atoms with Gasteiger partial charge in [0.2, 0.25) is 0 Å². The smallest absolute Gasteiger partial charge is 0.352 e. The van der Waals surface area contributed by atoms with Crippen molar-refractivity contribution in [3.8, 4) is 0 Å². The molecule has 1 heterocycles. The first-order chi connectivity index (χ1) is 7.68. The molecule has 2 N–H and O–H groups in total.